The summed E-state index contributed by atoms with van der Waals surface area (Å²) in [6, 6.07) is 13.2. The lowest BCUT2D eigenvalue weighted by atomic mass is 9.93. The topological polar surface area (TPSA) is 21.3 Å². The highest BCUT2D eigenvalue weighted by Crippen LogP contribution is 2.32. The van der Waals surface area contributed by atoms with Crippen molar-refractivity contribution in [3.05, 3.63) is 63.9 Å². The summed E-state index contributed by atoms with van der Waals surface area (Å²) >= 11 is 3.38. The Balaban J connectivity index is 1.63. The molecule has 0 spiro atoms. The molecule has 2 nitrogen and oxygen atoms in total. The summed E-state index contributed by atoms with van der Waals surface area (Å²) in [7, 11) is 0. The summed E-state index contributed by atoms with van der Waals surface area (Å²) < 4.78 is 20.3. The van der Waals surface area contributed by atoms with Crippen LogP contribution in [-0.2, 0) is 6.54 Å². The molecule has 110 valence electrons. The summed E-state index contributed by atoms with van der Waals surface area (Å²) in [4.78, 5) is 0. The number of benzene rings is 2. The van der Waals surface area contributed by atoms with Crippen molar-refractivity contribution < 1.29 is 9.13 Å². The normalized spacial score (nSPS) is 17.1. The molecule has 1 aliphatic heterocycles. The molecule has 0 aromatic heterocycles. The molecule has 1 unspecified atom stereocenters. The van der Waals surface area contributed by atoms with Gasteiger partial charge in [0, 0.05) is 29.0 Å². The van der Waals surface area contributed by atoms with Crippen molar-refractivity contribution in [1.82, 2.24) is 5.32 Å². The molecule has 0 aliphatic carbocycles. The minimum absolute atomic E-state index is 0.168. The van der Waals surface area contributed by atoms with E-state index in [-0.39, 0.29) is 5.82 Å². The molecule has 0 fully saturated rings. The molecule has 0 bridgehead atoms. The molecule has 2 aromatic carbocycles. The molecular formula is C17H17BrFNO. The van der Waals surface area contributed by atoms with Gasteiger partial charge in [-0.25, -0.2) is 4.39 Å². The highest BCUT2D eigenvalue weighted by atomic mass is 79.9. The summed E-state index contributed by atoms with van der Waals surface area (Å²) in [6.07, 6.45) is 0.991. The molecule has 1 heterocycles. The van der Waals surface area contributed by atoms with Gasteiger partial charge in [-0.05, 0) is 36.2 Å². The maximum Gasteiger partial charge on any atom is 0.127 e. The number of fused-ring (bicyclic) bond motifs is 1. The van der Waals surface area contributed by atoms with E-state index in [0.717, 1.165) is 29.8 Å². The van der Waals surface area contributed by atoms with E-state index in [9.17, 15) is 4.39 Å². The lowest BCUT2D eigenvalue weighted by Crippen LogP contribution is -2.26. The van der Waals surface area contributed by atoms with Gasteiger partial charge in [-0.3, -0.25) is 0 Å². The molecule has 0 saturated heterocycles. The van der Waals surface area contributed by atoms with Gasteiger partial charge >= 0.3 is 0 Å². The van der Waals surface area contributed by atoms with Crippen LogP contribution in [0.25, 0.3) is 0 Å². The first-order chi connectivity index (χ1) is 10.2. The van der Waals surface area contributed by atoms with Gasteiger partial charge < -0.3 is 10.1 Å². The zero-order valence-electron chi connectivity index (χ0n) is 11.6. The van der Waals surface area contributed by atoms with Crippen molar-refractivity contribution >= 4 is 15.9 Å². The maximum atomic E-state index is 13.7. The van der Waals surface area contributed by atoms with E-state index in [0.29, 0.717) is 18.0 Å². The van der Waals surface area contributed by atoms with Crippen molar-refractivity contribution in [3.63, 3.8) is 0 Å². The van der Waals surface area contributed by atoms with E-state index in [1.54, 1.807) is 6.07 Å². The fourth-order valence-corrected chi connectivity index (χ4v) is 3.10. The predicted molar refractivity (Wildman–Crippen MR) is 85.1 cm³/mol. The van der Waals surface area contributed by atoms with Crippen LogP contribution in [0.15, 0.2) is 46.9 Å². The Labute approximate surface area is 132 Å². The second-order valence-corrected chi connectivity index (χ2v) is 6.15. The van der Waals surface area contributed by atoms with E-state index in [1.165, 1.54) is 11.6 Å². The molecule has 1 atom stereocenters. The Morgan fingerprint density at radius 2 is 2.10 bits per heavy atom. The van der Waals surface area contributed by atoms with Crippen molar-refractivity contribution in [2.45, 2.75) is 18.9 Å². The molecule has 0 amide bonds. The van der Waals surface area contributed by atoms with Gasteiger partial charge in [0.25, 0.3) is 0 Å². The lowest BCUT2D eigenvalue weighted by Gasteiger charge is -2.26. The van der Waals surface area contributed by atoms with E-state index >= 15 is 0 Å². The number of ether oxygens (including phenoxy) is 1. The molecule has 0 saturated carbocycles. The standard InChI is InChI=1S/C17H17BrFNO/c18-14-5-6-16(19)13(9-14)11-20-10-12-7-8-21-17-4-2-1-3-15(12)17/h1-6,9,12,20H,7-8,10-11H2. The van der Waals surface area contributed by atoms with E-state index in [4.69, 9.17) is 4.74 Å². The Morgan fingerprint density at radius 3 is 3.00 bits per heavy atom. The van der Waals surface area contributed by atoms with Crippen molar-refractivity contribution in [2.75, 3.05) is 13.2 Å². The number of rotatable bonds is 4. The van der Waals surface area contributed by atoms with Crippen LogP contribution in [0.2, 0.25) is 0 Å². The van der Waals surface area contributed by atoms with Gasteiger partial charge in [-0.2, -0.15) is 0 Å². The van der Waals surface area contributed by atoms with Crippen LogP contribution < -0.4 is 10.1 Å². The fraction of sp³-hybridized carbons (Fsp3) is 0.294. The lowest BCUT2D eigenvalue weighted by molar-refractivity contribution is 0.264. The second-order valence-electron chi connectivity index (χ2n) is 5.24. The Kier molecular flexibility index (Phi) is 4.56. The first-order valence-corrected chi connectivity index (χ1v) is 7.89. The second kappa shape index (κ2) is 6.58. The minimum Gasteiger partial charge on any atom is -0.493 e. The van der Waals surface area contributed by atoms with Crippen LogP contribution in [0.1, 0.15) is 23.5 Å². The first-order valence-electron chi connectivity index (χ1n) is 7.10. The van der Waals surface area contributed by atoms with Crippen LogP contribution in [0.4, 0.5) is 4.39 Å². The van der Waals surface area contributed by atoms with Gasteiger partial charge in [-0.1, -0.05) is 34.1 Å². The summed E-state index contributed by atoms with van der Waals surface area (Å²) in [5.74, 6) is 1.23. The Hall–Kier alpha value is -1.39. The van der Waals surface area contributed by atoms with Crippen molar-refractivity contribution in [3.8, 4) is 5.75 Å². The number of hydrogen-bond donors (Lipinski definition) is 1. The highest BCUT2D eigenvalue weighted by molar-refractivity contribution is 9.10. The monoisotopic (exact) mass is 349 g/mol. The van der Waals surface area contributed by atoms with Gasteiger partial charge in [-0.15, -0.1) is 0 Å². The van der Waals surface area contributed by atoms with Gasteiger partial charge in [0.15, 0.2) is 0 Å². The predicted octanol–water partition coefficient (Wildman–Crippen LogP) is 4.24. The largest absolute Gasteiger partial charge is 0.493 e. The fourth-order valence-electron chi connectivity index (χ4n) is 2.69. The van der Waals surface area contributed by atoms with Crippen LogP contribution in [0, 0.1) is 5.82 Å². The Bertz CT molecular complexity index is 632. The quantitative estimate of drug-likeness (QED) is 0.890. The molecule has 4 heteroatoms. The smallest absolute Gasteiger partial charge is 0.127 e. The minimum atomic E-state index is -0.168. The number of para-hydroxylation sites is 1. The Morgan fingerprint density at radius 1 is 1.24 bits per heavy atom. The van der Waals surface area contributed by atoms with Gasteiger partial charge in [0.1, 0.15) is 11.6 Å². The number of nitrogens with one attached hydrogen (secondary N) is 1. The van der Waals surface area contributed by atoms with Gasteiger partial charge in [0.05, 0.1) is 6.61 Å². The number of hydrogen-bond acceptors (Lipinski definition) is 2. The third kappa shape index (κ3) is 3.44. The van der Waals surface area contributed by atoms with Crippen LogP contribution in [0.5, 0.6) is 5.75 Å². The third-order valence-corrected chi connectivity index (χ3v) is 4.29. The van der Waals surface area contributed by atoms with Gasteiger partial charge in [0.2, 0.25) is 0 Å². The summed E-state index contributed by atoms with van der Waals surface area (Å²) in [6.45, 7) is 2.10. The van der Waals surface area contributed by atoms with Crippen molar-refractivity contribution in [1.29, 1.82) is 0 Å². The number of halogens is 2. The van der Waals surface area contributed by atoms with E-state index in [2.05, 4.69) is 27.3 Å². The van der Waals surface area contributed by atoms with E-state index < -0.39 is 0 Å². The SMILES string of the molecule is Fc1ccc(Br)cc1CNCC1CCOc2ccccc21. The van der Waals surface area contributed by atoms with Crippen LogP contribution in [0.3, 0.4) is 0 Å². The highest BCUT2D eigenvalue weighted by Gasteiger charge is 2.20. The van der Waals surface area contributed by atoms with E-state index in [1.807, 2.05) is 24.3 Å². The zero-order valence-corrected chi connectivity index (χ0v) is 13.2. The first kappa shape index (κ1) is 14.5. The molecule has 1 aliphatic rings. The molecule has 2 aromatic rings. The molecule has 1 N–H and O–H groups in total. The van der Waals surface area contributed by atoms with Crippen LogP contribution in [-0.4, -0.2) is 13.2 Å². The molecule has 3 rings (SSSR count). The van der Waals surface area contributed by atoms with Crippen molar-refractivity contribution in [2.24, 2.45) is 0 Å². The maximum absolute atomic E-state index is 13.7. The molecule has 21 heavy (non-hydrogen) atoms. The molecular weight excluding hydrogens is 333 g/mol. The third-order valence-electron chi connectivity index (χ3n) is 3.80. The summed E-state index contributed by atoms with van der Waals surface area (Å²) in [5.41, 5.74) is 1.93. The van der Waals surface area contributed by atoms with Crippen LogP contribution >= 0.6 is 15.9 Å². The summed E-state index contributed by atoms with van der Waals surface area (Å²) in [5, 5.41) is 3.36. The zero-order chi connectivity index (χ0) is 14.7. The average Bonchev–Trinajstić information content (AvgIpc) is 2.51. The molecule has 0 radical (unpaired) electrons. The average molecular weight is 350 g/mol.